The van der Waals surface area contributed by atoms with E-state index in [1.807, 2.05) is 6.92 Å². The topological polar surface area (TPSA) is 85.2 Å². The van der Waals surface area contributed by atoms with E-state index in [-0.39, 0.29) is 12.4 Å². The average molecular weight is 324 g/mol. The quantitative estimate of drug-likeness (QED) is 0.350. The van der Waals surface area contributed by atoms with Crippen LogP contribution in [0.2, 0.25) is 0 Å². The van der Waals surface area contributed by atoms with Crippen LogP contribution in [0.25, 0.3) is 0 Å². The Kier molecular flexibility index (Phi) is 5.75. The van der Waals surface area contributed by atoms with E-state index < -0.39 is 36.3 Å². The van der Waals surface area contributed by atoms with Gasteiger partial charge in [-0.3, -0.25) is 0 Å². The molecule has 0 saturated carbocycles. The third-order valence-corrected chi connectivity index (χ3v) is 4.21. The number of aliphatic hydroxyl groups excluding tert-OH is 2. The molecule has 128 valence electrons. The van der Waals surface area contributed by atoms with Gasteiger partial charge in [-0.05, 0) is 25.8 Å². The summed E-state index contributed by atoms with van der Waals surface area (Å²) in [5, 5.41) is 20.7. The van der Waals surface area contributed by atoms with Crippen molar-refractivity contribution in [2.45, 2.75) is 44.7 Å². The van der Waals surface area contributed by atoms with E-state index in [0.29, 0.717) is 12.0 Å². The van der Waals surface area contributed by atoms with E-state index in [2.05, 4.69) is 6.58 Å². The summed E-state index contributed by atoms with van der Waals surface area (Å²) in [6, 6.07) is 0. The summed E-state index contributed by atoms with van der Waals surface area (Å²) in [7, 11) is 1.49. The number of hydrogen-bond acceptors (Lipinski definition) is 6. The summed E-state index contributed by atoms with van der Waals surface area (Å²) in [4.78, 5) is 12.0. The zero-order valence-electron chi connectivity index (χ0n) is 13.7. The van der Waals surface area contributed by atoms with Crippen molar-refractivity contribution in [3.8, 4) is 0 Å². The molecule has 1 heterocycles. The van der Waals surface area contributed by atoms with Gasteiger partial charge in [0.25, 0.3) is 0 Å². The number of fused-ring (bicyclic) bond motifs is 1. The number of methoxy groups -OCH3 is 1. The normalized spacial score (nSPS) is 39.8. The predicted molar refractivity (Wildman–Crippen MR) is 83.4 cm³/mol. The molecule has 1 aliphatic carbocycles. The third kappa shape index (κ3) is 3.90. The van der Waals surface area contributed by atoms with Crippen molar-refractivity contribution < 1.29 is 29.2 Å². The molecule has 1 aliphatic heterocycles. The molecule has 2 unspecified atom stereocenters. The van der Waals surface area contributed by atoms with E-state index >= 15 is 0 Å². The molecule has 2 rings (SSSR count). The van der Waals surface area contributed by atoms with E-state index in [9.17, 15) is 15.0 Å². The molecule has 1 fully saturated rings. The summed E-state index contributed by atoms with van der Waals surface area (Å²) < 4.78 is 16.0. The van der Waals surface area contributed by atoms with E-state index in [1.54, 1.807) is 19.1 Å². The Morgan fingerprint density at radius 3 is 2.70 bits per heavy atom. The first-order valence-corrected chi connectivity index (χ1v) is 7.57. The molecule has 0 bridgehead atoms. The predicted octanol–water partition coefficient (Wildman–Crippen LogP) is 1.09. The van der Waals surface area contributed by atoms with Crippen LogP contribution in [0.4, 0.5) is 0 Å². The number of rotatable bonds is 3. The number of aliphatic hydroxyl groups is 2. The van der Waals surface area contributed by atoms with E-state index in [1.165, 1.54) is 7.11 Å². The van der Waals surface area contributed by atoms with Crippen LogP contribution in [-0.2, 0) is 19.0 Å². The number of carbonyl (C=O) groups is 1. The van der Waals surface area contributed by atoms with Crippen molar-refractivity contribution in [2.75, 3.05) is 13.9 Å². The van der Waals surface area contributed by atoms with Crippen molar-refractivity contribution >= 4 is 5.97 Å². The first kappa shape index (κ1) is 17.9. The summed E-state index contributed by atoms with van der Waals surface area (Å²) >= 11 is 0. The van der Waals surface area contributed by atoms with Gasteiger partial charge < -0.3 is 24.4 Å². The van der Waals surface area contributed by atoms with Gasteiger partial charge in [-0.1, -0.05) is 24.3 Å². The molecular formula is C17H24O6. The molecule has 0 aromatic carbocycles. The lowest BCUT2D eigenvalue weighted by Crippen LogP contribution is -2.41. The molecule has 6 heteroatoms. The Labute approximate surface area is 136 Å². The fourth-order valence-electron chi connectivity index (χ4n) is 3.16. The lowest BCUT2D eigenvalue weighted by Gasteiger charge is -2.31. The minimum absolute atomic E-state index is 0.00412. The van der Waals surface area contributed by atoms with Crippen molar-refractivity contribution in [3.63, 3.8) is 0 Å². The first-order valence-electron chi connectivity index (χ1n) is 7.57. The van der Waals surface area contributed by atoms with Crippen LogP contribution in [0, 0.1) is 5.92 Å². The van der Waals surface area contributed by atoms with Gasteiger partial charge in [0.15, 0.2) is 0 Å². The zero-order valence-corrected chi connectivity index (χ0v) is 13.7. The van der Waals surface area contributed by atoms with Gasteiger partial charge in [-0.25, -0.2) is 4.79 Å². The maximum absolute atomic E-state index is 12.0. The van der Waals surface area contributed by atoms with Gasteiger partial charge in [0.1, 0.15) is 19.0 Å². The number of hydrogen-bond donors (Lipinski definition) is 2. The SMILES string of the molecule is C=C1C(=O)O[C@@H]2C(OCOC)/C(C)=C\[C@H](O)/C=C(\C)C[C@H](O)C12. The zero-order chi connectivity index (χ0) is 17.1. The fourth-order valence-corrected chi connectivity index (χ4v) is 3.16. The minimum atomic E-state index is -0.845. The number of ether oxygens (including phenoxy) is 3. The molecule has 6 nitrogen and oxygen atoms in total. The Morgan fingerprint density at radius 1 is 1.35 bits per heavy atom. The monoisotopic (exact) mass is 324 g/mol. The second kappa shape index (κ2) is 7.40. The van der Waals surface area contributed by atoms with Crippen molar-refractivity contribution in [2.24, 2.45) is 5.92 Å². The average Bonchev–Trinajstić information content (AvgIpc) is 2.73. The fraction of sp³-hybridized carbons (Fsp3) is 0.588. The van der Waals surface area contributed by atoms with Gasteiger partial charge in [0.05, 0.1) is 18.1 Å². The molecule has 23 heavy (non-hydrogen) atoms. The van der Waals surface area contributed by atoms with E-state index in [0.717, 1.165) is 5.57 Å². The minimum Gasteiger partial charge on any atom is -0.455 e. The summed E-state index contributed by atoms with van der Waals surface area (Å²) in [6.45, 7) is 7.38. The van der Waals surface area contributed by atoms with Crippen LogP contribution < -0.4 is 0 Å². The second-order valence-corrected chi connectivity index (χ2v) is 6.10. The van der Waals surface area contributed by atoms with Crippen molar-refractivity contribution in [1.82, 2.24) is 0 Å². The summed E-state index contributed by atoms with van der Waals surface area (Å²) in [6.07, 6.45) is 0.662. The van der Waals surface area contributed by atoms with Crippen LogP contribution in [0.15, 0.2) is 35.5 Å². The highest BCUT2D eigenvalue weighted by Gasteiger charge is 2.47. The lowest BCUT2D eigenvalue weighted by molar-refractivity contribution is -0.152. The molecule has 0 amide bonds. The Balaban J connectivity index is 2.44. The maximum atomic E-state index is 12.0. The molecule has 2 aliphatic rings. The largest absolute Gasteiger partial charge is 0.455 e. The van der Waals surface area contributed by atoms with E-state index in [4.69, 9.17) is 14.2 Å². The Morgan fingerprint density at radius 2 is 2.04 bits per heavy atom. The van der Waals surface area contributed by atoms with Gasteiger partial charge in [-0.2, -0.15) is 0 Å². The third-order valence-electron chi connectivity index (χ3n) is 4.21. The van der Waals surface area contributed by atoms with Crippen LogP contribution >= 0.6 is 0 Å². The highest BCUT2D eigenvalue weighted by atomic mass is 16.7. The van der Waals surface area contributed by atoms with Crippen molar-refractivity contribution in [3.05, 3.63) is 35.5 Å². The second-order valence-electron chi connectivity index (χ2n) is 6.10. The highest BCUT2D eigenvalue weighted by Crippen LogP contribution is 2.37. The van der Waals surface area contributed by atoms with Crippen LogP contribution in [0.3, 0.4) is 0 Å². The van der Waals surface area contributed by atoms with Gasteiger partial charge in [0, 0.05) is 12.7 Å². The van der Waals surface area contributed by atoms with Crippen LogP contribution in [-0.4, -0.2) is 54.5 Å². The van der Waals surface area contributed by atoms with Crippen molar-refractivity contribution in [1.29, 1.82) is 0 Å². The molecular weight excluding hydrogens is 300 g/mol. The van der Waals surface area contributed by atoms with Crippen LogP contribution in [0.5, 0.6) is 0 Å². The van der Waals surface area contributed by atoms with Crippen LogP contribution in [0.1, 0.15) is 20.3 Å². The Bertz CT molecular complexity index is 535. The molecule has 0 spiro atoms. The molecule has 5 atom stereocenters. The summed E-state index contributed by atoms with van der Waals surface area (Å²) in [5.41, 5.74) is 1.77. The Hall–Kier alpha value is -1.47. The summed E-state index contributed by atoms with van der Waals surface area (Å²) in [5.74, 6) is -1.09. The molecule has 0 aromatic rings. The van der Waals surface area contributed by atoms with Gasteiger partial charge in [0.2, 0.25) is 0 Å². The molecule has 2 N–H and O–H groups in total. The molecule has 1 saturated heterocycles. The van der Waals surface area contributed by atoms with Gasteiger partial charge in [-0.15, -0.1) is 0 Å². The standard InChI is InChI=1S/C17H24O6/c1-9-5-12(18)7-10(2)15(22-8-21-4)16-14(13(19)6-9)11(3)17(20)23-16/h5,7,12-16,18-19H,3,6,8H2,1-2,4H3/b9-5+,10-7-/t12-,13+,14?,15?,16+/m1/s1. The number of carbonyl (C=O) groups excluding carboxylic acids is 1. The smallest absolute Gasteiger partial charge is 0.334 e. The van der Waals surface area contributed by atoms with Gasteiger partial charge >= 0.3 is 5.97 Å². The maximum Gasteiger partial charge on any atom is 0.334 e. The number of esters is 1. The lowest BCUT2D eigenvalue weighted by atomic mass is 9.83. The molecule has 0 radical (unpaired) electrons. The highest BCUT2D eigenvalue weighted by molar-refractivity contribution is 5.91. The molecule has 0 aromatic heterocycles. The first-order chi connectivity index (χ1) is 10.8.